The molecule has 0 aliphatic heterocycles. The molecule has 0 fully saturated rings. The largest absolute Gasteiger partial charge is 2.00 e. The molecule has 45 heavy (non-hydrogen) atoms. The maximum atomic E-state index is 15.3. The molecule has 0 spiro atoms. The molecule has 0 radical (unpaired) electrons. The first-order valence-corrected chi connectivity index (χ1v) is 13.1. The minimum absolute atomic E-state index is 0. The molecule has 6 rings (SSSR count). The monoisotopic (exact) mass is 786 g/mol. The number of aromatic nitrogens is 4. The van der Waals surface area contributed by atoms with Crippen LogP contribution in [0.15, 0.2) is 109 Å². The Morgan fingerprint density at radius 2 is 1.31 bits per heavy atom. The molecule has 0 aliphatic rings. The van der Waals surface area contributed by atoms with Crippen molar-refractivity contribution in [3.05, 3.63) is 173 Å². The van der Waals surface area contributed by atoms with Gasteiger partial charge in [0.2, 0.25) is 0 Å². The van der Waals surface area contributed by atoms with Gasteiger partial charge >= 0.3 is 27.2 Å². The predicted octanol–water partition coefficient (Wildman–Crippen LogP) is 8.16. The standard InChI is InChI=1S/C34H18F5N5.Pt/c1-40-32-25(35)19-18-24(31(32)36)26-14-8-15-27(41-26)33(22-10-4-2-5-11-22,23-12-6-3-7-13-23)28-16-9-17-30(42-28)44-21-20-29(43-44)34(37,38)39;/h2-17,19-20H;/q-2;+2. The summed E-state index contributed by atoms with van der Waals surface area (Å²) >= 11 is 0. The Bertz CT molecular complexity index is 1960. The molecule has 0 saturated heterocycles. The topological polar surface area (TPSA) is 48.0 Å². The average Bonchev–Trinajstić information content (AvgIpc) is 3.55. The molecule has 0 bridgehead atoms. The summed E-state index contributed by atoms with van der Waals surface area (Å²) < 4.78 is 70.4. The number of nitrogens with zero attached hydrogens (tertiary/aromatic N) is 5. The van der Waals surface area contributed by atoms with E-state index in [4.69, 9.17) is 16.5 Å². The third-order valence-corrected chi connectivity index (χ3v) is 7.07. The third-order valence-electron chi connectivity index (χ3n) is 7.07. The molecule has 3 heterocycles. The summed E-state index contributed by atoms with van der Waals surface area (Å²) in [5, 5.41) is 3.64. The van der Waals surface area contributed by atoms with Crippen LogP contribution in [0.1, 0.15) is 28.2 Å². The van der Waals surface area contributed by atoms with Crippen LogP contribution in [0.25, 0.3) is 21.9 Å². The summed E-state index contributed by atoms with van der Waals surface area (Å²) in [6.45, 7) is 7.22. The van der Waals surface area contributed by atoms with Gasteiger partial charge in [0.25, 0.3) is 0 Å². The average molecular weight is 787 g/mol. The van der Waals surface area contributed by atoms with E-state index >= 15 is 4.39 Å². The SMILES string of the molecule is [C-]#[N+]c1c(F)c[c-]c(-c2cccc(C(c3ccccc3)(c3ccccc3)c3cccc(-n4[c-]cc(C(F)(F)F)n4)n3)n2)c1F.[Pt+2]. The first-order chi connectivity index (χ1) is 21.2. The van der Waals surface area contributed by atoms with E-state index in [-0.39, 0.29) is 38.1 Å². The van der Waals surface area contributed by atoms with Crippen molar-refractivity contribution in [2.75, 3.05) is 0 Å². The zero-order valence-corrected chi connectivity index (χ0v) is 25.1. The minimum atomic E-state index is -4.67. The summed E-state index contributed by atoms with van der Waals surface area (Å²) in [4.78, 5) is 12.6. The molecular formula is C34H18F5N5Pt. The van der Waals surface area contributed by atoms with Gasteiger partial charge in [0.05, 0.1) is 23.8 Å². The zero-order valence-electron chi connectivity index (χ0n) is 22.8. The van der Waals surface area contributed by atoms with Crippen LogP contribution in [0.3, 0.4) is 0 Å². The van der Waals surface area contributed by atoms with E-state index in [0.29, 0.717) is 22.5 Å². The van der Waals surface area contributed by atoms with Crippen LogP contribution in [0.2, 0.25) is 0 Å². The van der Waals surface area contributed by atoms with Crippen molar-refractivity contribution in [2.45, 2.75) is 11.6 Å². The van der Waals surface area contributed by atoms with Crippen LogP contribution in [-0.4, -0.2) is 19.7 Å². The zero-order chi connectivity index (χ0) is 30.9. The molecule has 0 atom stereocenters. The van der Waals surface area contributed by atoms with Crippen molar-refractivity contribution < 1.29 is 43.0 Å². The van der Waals surface area contributed by atoms with Crippen LogP contribution < -0.4 is 0 Å². The smallest absolute Gasteiger partial charge is 0.343 e. The molecule has 0 unspecified atom stereocenters. The molecular weight excluding hydrogens is 768 g/mol. The van der Waals surface area contributed by atoms with E-state index in [1.807, 2.05) is 60.7 Å². The molecule has 6 aromatic rings. The van der Waals surface area contributed by atoms with Crippen molar-refractivity contribution in [3.63, 3.8) is 0 Å². The molecule has 0 N–H and O–H groups in total. The number of hydrogen-bond donors (Lipinski definition) is 0. The Labute approximate surface area is 269 Å². The summed E-state index contributed by atoms with van der Waals surface area (Å²) in [5.74, 6) is -2.06. The maximum absolute atomic E-state index is 15.3. The van der Waals surface area contributed by atoms with E-state index in [9.17, 15) is 17.6 Å². The number of halogens is 5. The second kappa shape index (κ2) is 12.5. The number of rotatable bonds is 6. The number of alkyl halides is 3. The van der Waals surface area contributed by atoms with E-state index < -0.39 is 34.6 Å². The van der Waals surface area contributed by atoms with Gasteiger partial charge in [-0.2, -0.15) is 13.2 Å². The van der Waals surface area contributed by atoms with Gasteiger partial charge < -0.3 is 4.68 Å². The summed E-state index contributed by atoms with van der Waals surface area (Å²) in [5.41, 5.74) is -1.13. The van der Waals surface area contributed by atoms with Crippen molar-refractivity contribution in [1.82, 2.24) is 19.7 Å². The first kappa shape index (κ1) is 31.4. The van der Waals surface area contributed by atoms with Gasteiger partial charge in [0.1, 0.15) is 5.41 Å². The third kappa shape index (κ3) is 5.67. The molecule has 3 aromatic carbocycles. The minimum Gasteiger partial charge on any atom is -0.343 e. The molecule has 0 saturated carbocycles. The van der Waals surface area contributed by atoms with Crippen LogP contribution >= 0.6 is 0 Å². The van der Waals surface area contributed by atoms with Crippen LogP contribution in [0.4, 0.5) is 27.6 Å². The normalized spacial score (nSPS) is 11.5. The molecule has 224 valence electrons. The van der Waals surface area contributed by atoms with Gasteiger partial charge in [-0.3, -0.25) is 28.7 Å². The Kier molecular flexibility index (Phi) is 8.76. The number of hydrogen-bond acceptors (Lipinski definition) is 3. The summed E-state index contributed by atoms with van der Waals surface area (Å²) in [7, 11) is 0. The molecule has 11 heteroatoms. The number of pyridine rings is 2. The van der Waals surface area contributed by atoms with Crippen LogP contribution in [0.5, 0.6) is 0 Å². The van der Waals surface area contributed by atoms with Gasteiger partial charge in [-0.05, 0) is 29.0 Å². The fraction of sp³-hybridized carbons (Fsp3) is 0.0588. The van der Waals surface area contributed by atoms with E-state index in [2.05, 4.69) is 22.2 Å². The van der Waals surface area contributed by atoms with Gasteiger partial charge in [-0.1, -0.05) is 91.1 Å². The maximum Gasteiger partial charge on any atom is 2.00 e. The van der Waals surface area contributed by atoms with Crippen molar-refractivity contribution >= 4 is 5.69 Å². The van der Waals surface area contributed by atoms with Gasteiger partial charge in [-0.25, -0.2) is 0 Å². The van der Waals surface area contributed by atoms with Gasteiger partial charge in [0, 0.05) is 17.3 Å². The van der Waals surface area contributed by atoms with E-state index in [1.165, 1.54) is 12.1 Å². The van der Waals surface area contributed by atoms with Gasteiger partial charge in [0.15, 0.2) is 5.69 Å². The summed E-state index contributed by atoms with van der Waals surface area (Å²) in [6, 6.07) is 32.4. The Hall–Kier alpha value is -5.00. The Morgan fingerprint density at radius 3 is 1.89 bits per heavy atom. The fourth-order valence-corrected chi connectivity index (χ4v) is 5.12. The van der Waals surface area contributed by atoms with Crippen molar-refractivity contribution in [1.29, 1.82) is 0 Å². The molecule has 3 aromatic heterocycles. The van der Waals surface area contributed by atoms with Crippen LogP contribution in [-0.2, 0) is 32.7 Å². The van der Waals surface area contributed by atoms with Crippen molar-refractivity contribution in [2.24, 2.45) is 0 Å². The fourth-order valence-electron chi connectivity index (χ4n) is 5.12. The molecule has 0 aliphatic carbocycles. The number of benzene rings is 3. The summed E-state index contributed by atoms with van der Waals surface area (Å²) in [6.07, 6.45) is -2.18. The second-order valence-electron chi connectivity index (χ2n) is 9.63. The second-order valence-corrected chi connectivity index (χ2v) is 9.63. The van der Waals surface area contributed by atoms with Crippen LogP contribution in [0, 0.1) is 30.5 Å². The molecule has 0 amide bonds. The predicted molar refractivity (Wildman–Crippen MR) is 152 cm³/mol. The van der Waals surface area contributed by atoms with E-state index in [1.54, 1.807) is 24.3 Å². The Balaban J connectivity index is 0.00000400. The van der Waals surface area contributed by atoms with Gasteiger partial charge in [-0.15, -0.1) is 23.8 Å². The Morgan fingerprint density at radius 1 is 0.711 bits per heavy atom. The quantitative estimate of drug-likeness (QED) is 0.127. The molecule has 5 nitrogen and oxygen atoms in total. The van der Waals surface area contributed by atoms with Crippen molar-refractivity contribution in [3.8, 4) is 17.1 Å². The first-order valence-electron chi connectivity index (χ1n) is 13.1. The van der Waals surface area contributed by atoms with E-state index in [0.717, 1.165) is 16.8 Å².